The van der Waals surface area contributed by atoms with E-state index in [2.05, 4.69) is 0 Å². The van der Waals surface area contributed by atoms with Crippen molar-refractivity contribution in [3.8, 4) is 0 Å². The van der Waals surface area contributed by atoms with Crippen LogP contribution in [0.5, 0.6) is 0 Å². The second-order valence-corrected chi connectivity index (χ2v) is 15.6. The number of aliphatic hydroxyl groups is 1. The van der Waals surface area contributed by atoms with Crippen molar-refractivity contribution in [1.82, 2.24) is 4.31 Å². The average molecular weight is 595 g/mol. The summed E-state index contributed by atoms with van der Waals surface area (Å²) in [5.74, 6) is -1.53. The van der Waals surface area contributed by atoms with Crippen molar-refractivity contribution in [2.45, 2.75) is 69.3 Å². The SMILES string of the molecule is CC(C)CN(C[C@@H](O)[C@@H](CC(=O)O[C@H]1CCS(=O)(=O)[C@@H]1C(C)C)Cc1ccccc1)S(=O)(=O)c1ccc(N)cc1. The van der Waals surface area contributed by atoms with Gasteiger partial charge < -0.3 is 15.6 Å². The summed E-state index contributed by atoms with van der Waals surface area (Å²) in [6.07, 6.45) is -1.57. The third kappa shape index (κ3) is 8.28. The van der Waals surface area contributed by atoms with Gasteiger partial charge in [0.25, 0.3) is 0 Å². The maximum Gasteiger partial charge on any atom is 0.306 e. The lowest BCUT2D eigenvalue weighted by Crippen LogP contribution is -2.43. The number of sulfone groups is 1. The molecule has 0 bridgehead atoms. The number of hydrogen-bond acceptors (Lipinski definition) is 8. The smallest absolute Gasteiger partial charge is 0.306 e. The van der Waals surface area contributed by atoms with E-state index in [1.807, 2.05) is 44.2 Å². The summed E-state index contributed by atoms with van der Waals surface area (Å²) in [4.78, 5) is 13.2. The first kappa shape index (κ1) is 32.0. The molecule has 9 nitrogen and oxygen atoms in total. The molecule has 0 saturated carbocycles. The predicted molar refractivity (Wildman–Crippen MR) is 156 cm³/mol. The topological polar surface area (TPSA) is 144 Å². The van der Waals surface area contributed by atoms with Crippen LogP contribution < -0.4 is 5.73 Å². The zero-order valence-electron chi connectivity index (χ0n) is 23.6. The highest BCUT2D eigenvalue weighted by Gasteiger charge is 2.44. The Balaban J connectivity index is 1.83. The number of hydrogen-bond donors (Lipinski definition) is 2. The van der Waals surface area contributed by atoms with E-state index in [9.17, 15) is 26.7 Å². The lowest BCUT2D eigenvalue weighted by atomic mass is 9.90. The van der Waals surface area contributed by atoms with Crippen molar-refractivity contribution < 1.29 is 31.5 Å². The molecule has 0 aliphatic carbocycles. The van der Waals surface area contributed by atoms with Crippen molar-refractivity contribution in [2.75, 3.05) is 24.6 Å². The summed E-state index contributed by atoms with van der Waals surface area (Å²) in [7, 11) is -7.31. The van der Waals surface area contributed by atoms with Gasteiger partial charge in [0, 0.05) is 24.7 Å². The Morgan fingerprint density at radius 1 is 1.05 bits per heavy atom. The molecule has 0 unspecified atom stereocenters. The zero-order chi connectivity index (χ0) is 29.7. The Morgan fingerprint density at radius 2 is 1.68 bits per heavy atom. The Labute approximate surface area is 238 Å². The standard InChI is InChI=1S/C29H42N2O7S2/c1-20(2)18-31(40(36,37)25-12-10-24(30)11-13-25)19-26(32)23(16-22-8-6-5-7-9-22)17-28(33)38-27-14-15-39(34,35)29(27)21(3)4/h5-13,20-21,23,26-27,29,32H,14-19,30H2,1-4H3/t23-,26-,27+,29-/m1/s1. The molecule has 0 amide bonds. The first-order valence-corrected chi connectivity index (χ1v) is 16.8. The summed E-state index contributed by atoms with van der Waals surface area (Å²) in [5, 5.41) is 10.6. The van der Waals surface area contributed by atoms with Crippen LogP contribution in [0.15, 0.2) is 59.5 Å². The number of nitrogen functional groups attached to an aromatic ring is 1. The van der Waals surface area contributed by atoms with E-state index in [0.29, 0.717) is 12.1 Å². The molecule has 0 radical (unpaired) electrons. The first-order chi connectivity index (χ1) is 18.7. The van der Waals surface area contributed by atoms with Gasteiger partial charge in [-0.05, 0) is 54.5 Å². The van der Waals surface area contributed by atoms with E-state index in [-0.39, 0.29) is 48.4 Å². The predicted octanol–water partition coefficient (Wildman–Crippen LogP) is 3.28. The van der Waals surface area contributed by atoms with Crippen molar-refractivity contribution >= 4 is 31.5 Å². The minimum Gasteiger partial charge on any atom is -0.461 e. The van der Waals surface area contributed by atoms with Crippen LogP contribution >= 0.6 is 0 Å². The summed E-state index contributed by atoms with van der Waals surface area (Å²) < 4.78 is 59.0. The van der Waals surface area contributed by atoms with Crippen LogP contribution in [0, 0.1) is 17.8 Å². The van der Waals surface area contributed by atoms with Crippen LogP contribution in [0.4, 0.5) is 5.69 Å². The third-order valence-corrected chi connectivity index (χ3v) is 11.5. The lowest BCUT2D eigenvalue weighted by Gasteiger charge is -2.30. The van der Waals surface area contributed by atoms with Crippen molar-refractivity contribution in [2.24, 2.45) is 17.8 Å². The van der Waals surface area contributed by atoms with E-state index in [0.717, 1.165) is 5.56 Å². The molecular formula is C29H42N2O7S2. The number of carbonyl (C=O) groups excluding carboxylic acids is 1. The molecule has 4 atom stereocenters. The fraction of sp³-hybridized carbons (Fsp3) is 0.552. The fourth-order valence-corrected chi connectivity index (χ4v) is 9.24. The number of benzene rings is 2. The number of sulfonamides is 1. The van der Waals surface area contributed by atoms with Gasteiger partial charge in [0.1, 0.15) is 11.4 Å². The Hall–Kier alpha value is -2.47. The summed E-state index contributed by atoms with van der Waals surface area (Å²) in [6, 6.07) is 15.2. The highest BCUT2D eigenvalue weighted by atomic mass is 32.2. The molecule has 0 aromatic heterocycles. The van der Waals surface area contributed by atoms with Crippen molar-refractivity contribution in [1.29, 1.82) is 0 Å². The van der Waals surface area contributed by atoms with Gasteiger partial charge >= 0.3 is 5.97 Å². The first-order valence-electron chi connectivity index (χ1n) is 13.7. The van der Waals surface area contributed by atoms with Gasteiger partial charge in [0.15, 0.2) is 9.84 Å². The molecule has 1 saturated heterocycles. The number of anilines is 1. The van der Waals surface area contributed by atoms with E-state index >= 15 is 0 Å². The van der Waals surface area contributed by atoms with Gasteiger partial charge in [0.2, 0.25) is 10.0 Å². The molecule has 1 aliphatic heterocycles. The number of nitrogens with two attached hydrogens (primary N) is 1. The quantitative estimate of drug-likeness (QED) is 0.266. The number of esters is 1. The van der Waals surface area contributed by atoms with E-state index in [1.54, 1.807) is 13.8 Å². The maximum atomic E-state index is 13.5. The van der Waals surface area contributed by atoms with Gasteiger partial charge in [-0.3, -0.25) is 4.79 Å². The normalized spacial score (nSPS) is 20.6. The summed E-state index contributed by atoms with van der Waals surface area (Å²) >= 11 is 0. The highest BCUT2D eigenvalue weighted by Crippen LogP contribution is 2.30. The van der Waals surface area contributed by atoms with Crippen LogP contribution in [-0.4, -0.2) is 68.5 Å². The van der Waals surface area contributed by atoms with Crippen molar-refractivity contribution in [3.05, 3.63) is 60.2 Å². The Morgan fingerprint density at radius 3 is 2.25 bits per heavy atom. The maximum absolute atomic E-state index is 13.5. The van der Waals surface area contributed by atoms with Gasteiger partial charge in [-0.2, -0.15) is 4.31 Å². The minimum atomic E-state index is -3.96. The zero-order valence-corrected chi connectivity index (χ0v) is 25.3. The van der Waals surface area contributed by atoms with Crippen LogP contribution in [0.2, 0.25) is 0 Å². The van der Waals surface area contributed by atoms with Crippen LogP contribution in [-0.2, 0) is 35.8 Å². The molecule has 1 fully saturated rings. The highest BCUT2D eigenvalue weighted by molar-refractivity contribution is 7.92. The monoisotopic (exact) mass is 594 g/mol. The molecule has 1 aliphatic rings. The van der Waals surface area contributed by atoms with Gasteiger partial charge in [-0.1, -0.05) is 58.0 Å². The molecule has 11 heteroatoms. The van der Waals surface area contributed by atoms with Gasteiger partial charge in [-0.25, -0.2) is 16.8 Å². The number of nitrogens with zero attached hydrogens (tertiary/aromatic N) is 1. The van der Waals surface area contributed by atoms with Crippen LogP contribution in [0.1, 0.15) is 46.1 Å². The van der Waals surface area contributed by atoms with Crippen LogP contribution in [0.3, 0.4) is 0 Å². The largest absolute Gasteiger partial charge is 0.461 e. The number of ether oxygens (including phenoxy) is 1. The van der Waals surface area contributed by atoms with Gasteiger partial charge in [0.05, 0.1) is 23.2 Å². The fourth-order valence-electron chi connectivity index (χ4n) is 5.30. The van der Waals surface area contributed by atoms with Crippen molar-refractivity contribution in [3.63, 3.8) is 0 Å². The summed E-state index contributed by atoms with van der Waals surface area (Å²) in [5.41, 5.74) is 7.05. The molecule has 2 aromatic carbocycles. The molecule has 1 heterocycles. The van der Waals surface area contributed by atoms with Crippen LogP contribution in [0.25, 0.3) is 0 Å². The number of carbonyl (C=O) groups is 1. The molecule has 3 N–H and O–H groups in total. The molecule has 222 valence electrons. The van der Waals surface area contributed by atoms with E-state index < -0.39 is 49.2 Å². The lowest BCUT2D eigenvalue weighted by molar-refractivity contribution is -0.151. The number of rotatable bonds is 13. The average Bonchev–Trinajstić information content (AvgIpc) is 3.17. The summed E-state index contributed by atoms with van der Waals surface area (Å²) in [6.45, 7) is 7.31. The minimum absolute atomic E-state index is 0.0226. The second kappa shape index (κ2) is 13.5. The molecule has 40 heavy (non-hydrogen) atoms. The third-order valence-electron chi connectivity index (χ3n) is 7.20. The second-order valence-electron chi connectivity index (χ2n) is 11.4. The number of aliphatic hydroxyl groups excluding tert-OH is 1. The molecule has 0 spiro atoms. The molecular weight excluding hydrogens is 552 g/mol. The molecule has 3 rings (SSSR count). The van der Waals surface area contributed by atoms with Gasteiger partial charge in [-0.15, -0.1) is 0 Å². The van der Waals surface area contributed by atoms with E-state index in [1.165, 1.54) is 28.6 Å². The molecule has 2 aromatic rings. The van der Waals surface area contributed by atoms with E-state index in [4.69, 9.17) is 10.5 Å². The Bertz CT molecular complexity index is 1330. The Kier molecular flexibility index (Phi) is 10.8.